The molecule has 0 atom stereocenters. The van der Waals surface area contributed by atoms with Gasteiger partial charge in [-0.25, -0.2) is 8.78 Å². The van der Waals surface area contributed by atoms with Gasteiger partial charge in [0.15, 0.2) is 11.6 Å². The van der Waals surface area contributed by atoms with Gasteiger partial charge in [0, 0.05) is 5.39 Å². The Morgan fingerprint density at radius 2 is 1.05 bits per heavy atom. The van der Waals surface area contributed by atoms with Crippen LogP contribution in [-0.2, 0) is 12.4 Å². The number of hydrogen-bond donors (Lipinski definition) is 0. The minimum atomic E-state index is -5.67. The average molecular weight is 300 g/mol. The van der Waals surface area contributed by atoms with Gasteiger partial charge in [-0.2, -0.15) is 26.3 Å². The van der Waals surface area contributed by atoms with Crippen molar-refractivity contribution in [3.8, 4) is 0 Å². The molecule has 0 fully saturated rings. The first kappa shape index (κ1) is 14.5. The molecule has 0 amide bonds. The molecule has 0 aliphatic heterocycles. The van der Waals surface area contributed by atoms with E-state index >= 15 is 0 Å². The topological polar surface area (TPSA) is 0 Å². The summed E-state index contributed by atoms with van der Waals surface area (Å²) in [6.45, 7) is 0. The zero-order valence-corrected chi connectivity index (χ0v) is 9.33. The number of halogens is 8. The molecule has 2 aromatic carbocycles. The third-order valence-electron chi connectivity index (χ3n) is 2.66. The Hall–Kier alpha value is -1.86. The van der Waals surface area contributed by atoms with E-state index < -0.39 is 45.9 Å². The van der Waals surface area contributed by atoms with Gasteiger partial charge in [-0.15, -0.1) is 0 Å². The summed E-state index contributed by atoms with van der Waals surface area (Å²) < 4.78 is 103. The van der Waals surface area contributed by atoms with Gasteiger partial charge in [-0.3, -0.25) is 0 Å². The maximum atomic E-state index is 13.5. The van der Waals surface area contributed by atoms with Crippen LogP contribution in [0, 0.1) is 11.6 Å². The van der Waals surface area contributed by atoms with Crippen molar-refractivity contribution >= 4 is 10.8 Å². The number of benzene rings is 2. The largest absolute Gasteiger partial charge is 0.419 e. The van der Waals surface area contributed by atoms with E-state index in [1.54, 1.807) is 0 Å². The van der Waals surface area contributed by atoms with Crippen LogP contribution < -0.4 is 0 Å². The van der Waals surface area contributed by atoms with Crippen molar-refractivity contribution in [3.05, 3.63) is 47.0 Å². The van der Waals surface area contributed by atoms with Crippen LogP contribution >= 0.6 is 0 Å². The van der Waals surface area contributed by atoms with Crippen LogP contribution in [0.25, 0.3) is 10.8 Å². The van der Waals surface area contributed by atoms with Crippen molar-refractivity contribution in [1.29, 1.82) is 0 Å². The molecule has 8 heteroatoms. The maximum absolute atomic E-state index is 13.5. The van der Waals surface area contributed by atoms with Crippen molar-refractivity contribution < 1.29 is 35.1 Å². The van der Waals surface area contributed by atoms with Gasteiger partial charge >= 0.3 is 12.4 Å². The lowest BCUT2D eigenvalue weighted by atomic mass is 9.96. The van der Waals surface area contributed by atoms with Gasteiger partial charge in [-0.05, 0) is 5.39 Å². The van der Waals surface area contributed by atoms with Gasteiger partial charge in [0.25, 0.3) is 0 Å². The molecule has 0 N–H and O–H groups in total. The Balaban J connectivity index is 3.09. The first-order chi connectivity index (χ1) is 9.05. The molecule has 0 aromatic heterocycles. The monoisotopic (exact) mass is 300 g/mol. The summed E-state index contributed by atoms with van der Waals surface area (Å²) >= 11 is 0. The summed E-state index contributed by atoms with van der Waals surface area (Å²) in [6, 6.07) is 3.55. The van der Waals surface area contributed by atoms with E-state index in [0.29, 0.717) is 6.07 Å². The molecule has 20 heavy (non-hydrogen) atoms. The summed E-state index contributed by atoms with van der Waals surface area (Å²) in [6.07, 6.45) is -11.1. The highest BCUT2D eigenvalue weighted by atomic mass is 19.4. The number of rotatable bonds is 0. The summed E-state index contributed by atoms with van der Waals surface area (Å²) in [5.74, 6) is -4.51. The fourth-order valence-electron chi connectivity index (χ4n) is 1.93. The van der Waals surface area contributed by atoms with Gasteiger partial charge in [-0.1, -0.05) is 24.3 Å². The lowest BCUT2D eigenvalue weighted by Gasteiger charge is -2.19. The minimum absolute atomic E-state index is 0.663. The van der Waals surface area contributed by atoms with Gasteiger partial charge in [0.05, 0.1) is 5.56 Å². The van der Waals surface area contributed by atoms with Crippen LogP contribution in [0.2, 0.25) is 0 Å². The second-order valence-electron chi connectivity index (χ2n) is 3.92. The Kier molecular flexibility index (Phi) is 3.14. The lowest BCUT2D eigenvalue weighted by Crippen LogP contribution is -2.20. The summed E-state index contributed by atoms with van der Waals surface area (Å²) in [5, 5.41) is -1.89. The lowest BCUT2D eigenvalue weighted by molar-refractivity contribution is -0.163. The quantitative estimate of drug-likeness (QED) is 0.590. The molecule has 2 aromatic rings. The Bertz CT molecular complexity index is 666. The van der Waals surface area contributed by atoms with E-state index in [4.69, 9.17) is 0 Å². The first-order valence-corrected chi connectivity index (χ1v) is 5.09. The van der Waals surface area contributed by atoms with Crippen LogP contribution in [-0.4, -0.2) is 0 Å². The number of alkyl halides is 6. The van der Waals surface area contributed by atoms with E-state index in [1.165, 1.54) is 0 Å². The fourth-order valence-corrected chi connectivity index (χ4v) is 1.93. The van der Waals surface area contributed by atoms with Gasteiger partial charge in [0.2, 0.25) is 0 Å². The van der Waals surface area contributed by atoms with Crippen molar-refractivity contribution in [1.82, 2.24) is 0 Å². The van der Waals surface area contributed by atoms with Crippen LogP contribution in [0.1, 0.15) is 11.1 Å². The molecule has 0 saturated heterocycles. The van der Waals surface area contributed by atoms with Crippen molar-refractivity contribution in [2.45, 2.75) is 12.4 Å². The van der Waals surface area contributed by atoms with Crippen LogP contribution in [0.15, 0.2) is 24.3 Å². The second-order valence-corrected chi connectivity index (χ2v) is 3.92. The van der Waals surface area contributed by atoms with Crippen molar-refractivity contribution in [3.63, 3.8) is 0 Å². The first-order valence-electron chi connectivity index (χ1n) is 5.09. The zero-order chi connectivity index (χ0) is 15.3. The molecule has 0 aliphatic rings. The molecule has 0 spiro atoms. The zero-order valence-electron chi connectivity index (χ0n) is 9.33. The SMILES string of the molecule is Fc1c(C(F)(F)F)c(C(F)(F)F)c2ccccc2c1F. The summed E-state index contributed by atoms with van der Waals surface area (Å²) in [4.78, 5) is 0. The van der Waals surface area contributed by atoms with E-state index in [2.05, 4.69) is 0 Å². The second kappa shape index (κ2) is 4.32. The number of hydrogen-bond acceptors (Lipinski definition) is 0. The highest BCUT2D eigenvalue weighted by molar-refractivity contribution is 5.88. The third-order valence-corrected chi connectivity index (χ3v) is 2.66. The Morgan fingerprint density at radius 3 is 1.50 bits per heavy atom. The third kappa shape index (κ3) is 2.19. The summed E-state index contributed by atoms with van der Waals surface area (Å²) in [7, 11) is 0. The van der Waals surface area contributed by atoms with E-state index in [0.717, 1.165) is 18.2 Å². The molecule has 0 saturated carbocycles. The smallest absolute Gasteiger partial charge is 0.203 e. The highest BCUT2D eigenvalue weighted by Gasteiger charge is 2.48. The highest BCUT2D eigenvalue weighted by Crippen LogP contribution is 2.46. The number of fused-ring (bicyclic) bond motifs is 1. The van der Waals surface area contributed by atoms with Gasteiger partial charge in [0.1, 0.15) is 5.56 Å². The Morgan fingerprint density at radius 1 is 0.600 bits per heavy atom. The molecule has 108 valence electrons. The fraction of sp³-hybridized carbons (Fsp3) is 0.167. The minimum Gasteiger partial charge on any atom is -0.203 e. The predicted molar refractivity (Wildman–Crippen MR) is 53.9 cm³/mol. The van der Waals surface area contributed by atoms with Crippen LogP contribution in [0.4, 0.5) is 35.1 Å². The molecule has 0 nitrogen and oxygen atoms in total. The van der Waals surface area contributed by atoms with Crippen molar-refractivity contribution in [2.75, 3.05) is 0 Å². The summed E-state index contributed by atoms with van der Waals surface area (Å²) in [5.41, 5.74) is -4.86. The molecule has 0 aliphatic carbocycles. The molecule has 0 bridgehead atoms. The molecule has 0 heterocycles. The molecule has 2 rings (SSSR count). The normalized spacial score (nSPS) is 13.0. The van der Waals surface area contributed by atoms with Crippen molar-refractivity contribution in [2.24, 2.45) is 0 Å². The van der Waals surface area contributed by atoms with Crippen LogP contribution in [0.5, 0.6) is 0 Å². The molecular weight excluding hydrogens is 296 g/mol. The molecule has 0 radical (unpaired) electrons. The maximum Gasteiger partial charge on any atom is 0.419 e. The average Bonchev–Trinajstić information content (AvgIpc) is 2.30. The van der Waals surface area contributed by atoms with E-state index in [1.807, 2.05) is 0 Å². The van der Waals surface area contributed by atoms with Gasteiger partial charge < -0.3 is 0 Å². The molecule has 0 unspecified atom stereocenters. The van der Waals surface area contributed by atoms with Crippen LogP contribution in [0.3, 0.4) is 0 Å². The Labute approximate surface area is 106 Å². The van der Waals surface area contributed by atoms with E-state index in [9.17, 15) is 35.1 Å². The van der Waals surface area contributed by atoms with E-state index in [-0.39, 0.29) is 0 Å². The molecular formula is C12H4F8. The standard InChI is InChI=1S/C12H4F8/c13-9-6-4-2-1-3-5(6)7(11(15,16)17)8(10(9)14)12(18,19)20/h1-4H. The predicted octanol–water partition coefficient (Wildman–Crippen LogP) is 5.16.